The zero-order chi connectivity index (χ0) is 6.69. The first-order valence-corrected chi connectivity index (χ1v) is 3.89. The summed E-state index contributed by atoms with van der Waals surface area (Å²) in [7, 11) is 0. The molecule has 2 heteroatoms. The smallest absolute Gasteiger partial charge is 0.0632 e. The molecule has 1 aliphatic rings. The highest BCUT2D eigenvalue weighted by molar-refractivity contribution is 7.84. The van der Waals surface area contributed by atoms with E-state index in [0.717, 1.165) is 5.03 Å². The molecule has 9 heavy (non-hydrogen) atoms. The molecule has 0 atom stereocenters. The van der Waals surface area contributed by atoms with Crippen LogP contribution < -0.4 is 0 Å². The first-order valence-electron chi connectivity index (χ1n) is 3.45. The van der Waals surface area contributed by atoms with Crippen molar-refractivity contribution >= 4 is 12.6 Å². The molecule has 0 N–H and O–H groups in total. The Morgan fingerprint density at radius 1 is 1.44 bits per heavy atom. The zero-order valence-corrected chi connectivity index (χ0v) is 6.69. The number of allylic oxidation sites excluding steroid dienone is 1. The number of rotatable bonds is 1. The van der Waals surface area contributed by atoms with Crippen molar-refractivity contribution in [2.75, 3.05) is 13.1 Å². The van der Waals surface area contributed by atoms with Crippen LogP contribution in [0.4, 0.5) is 0 Å². The van der Waals surface area contributed by atoms with Crippen LogP contribution in [0.5, 0.6) is 0 Å². The molecular formula is C7H13NS. The first-order chi connectivity index (χ1) is 4.34. The molecule has 0 radical (unpaired) electrons. The first kappa shape index (κ1) is 7.00. The molecule has 0 unspecified atom stereocenters. The molecule has 0 aliphatic carbocycles. The highest BCUT2D eigenvalue weighted by atomic mass is 32.1. The molecule has 1 fully saturated rings. The summed E-state index contributed by atoms with van der Waals surface area (Å²) in [6.45, 7) is 4.42. The predicted octanol–water partition coefficient (Wildman–Crippen LogP) is 1.87. The summed E-state index contributed by atoms with van der Waals surface area (Å²) in [4.78, 5) is 2.31. The second-order valence-corrected chi connectivity index (χ2v) is 2.80. The van der Waals surface area contributed by atoms with Crippen LogP contribution in [-0.4, -0.2) is 18.0 Å². The van der Waals surface area contributed by atoms with Crippen LogP contribution in [0.25, 0.3) is 0 Å². The van der Waals surface area contributed by atoms with E-state index in [4.69, 9.17) is 0 Å². The van der Waals surface area contributed by atoms with E-state index in [1.54, 1.807) is 0 Å². The second kappa shape index (κ2) is 3.16. The SMILES string of the molecule is C/C=C(/S)N1CCCC1. The van der Waals surface area contributed by atoms with Gasteiger partial charge in [-0.05, 0) is 19.8 Å². The second-order valence-electron chi connectivity index (χ2n) is 2.34. The molecule has 0 spiro atoms. The third kappa shape index (κ3) is 1.65. The Balaban J connectivity index is 2.42. The zero-order valence-electron chi connectivity index (χ0n) is 5.80. The van der Waals surface area contributed by atoms with Gasteiger partial charge in [-0.1, -0.05) is 6.08 Å². The van der Waals surface area contributed by atoms with Crippen LogP contribution in [0.15, 0.2) is 11.1 Å². The summed E-state index contributed by atoms with van der Waals surface area (Å²) < 4.78 is 0. The minimum absolute atomic E-state index is 1.13. The van der Waals surface area contributed by atoms with Gasteiger partial charge in [-0.25, -0.2) is 0 Å². The van der Waals surface area contributed by atoms with Gasteiger partial charge in [-0.2, -0.15) is 0 Å². The maximum absolute atomic E-state index is 4.31. The lowest BCUT2D eigenvalue weighted by molar-refractivity contribution is 0.457. The highest BCUT2D eigenvalue weighted by Gasteiger charge is 2.10. The number of nitrogens with zero attached hydrogens (tertiary/aromatic N) is 1. The Labute approximate surface area is 62.1 Å². The van der Waals surface area contributed by atoms with Gasteiger partial charge in [0.15, 0.2) is 0 Å². The molecule has 1 rings (SSSR count). The molecule has 0 aromatic rings. The van der Waals surface area contributed by atoms with Crippen LogP contribution >= 0.6 is 12.6 Å². The molecule has 0 saturated carbocycles. The number of hydrogen-bond donors (Lipinski definition) is 1. The number of likely N-dealkylation sites (tertiary alicyclic amines) is 1. The molecule has 1 nitrogen and oxygen atoms in total. The Hall–Kier alpha value is -0.110. The number of hydrogen-bond acceptors (Lipinski definition) is 2. The van der Waals surface area contributed by atoms with Gasteiger partial charge < -0.3 is 4.90 Å². The Morgan fingerprint density at radius 3 is 2.44 bits per heavy atom. The fourth-order valence-electron chi connectivity index (χ4n) is 1.13. The van der Waals surface area contributed by atoms with Gasteiger partial charge in [0.05, 0.1) is 5.03 Å². The summed E-state index contributed by atoms with van der Waals surface area (Å²) in [5.41, 5.74) is 0. The lowest BCUT2D eigenvalue weighted by Crippen LogP contribution is -2.14. The van der Waals surface area contributed by atoms with Crippen LogP contribution in [0.1, 0.15) is 19.8 Å². The standard InChI is InChI=1S/C7H13NS/c1-2-7(9)8-5-3-4-6-8/h2,9H,3-6H2,1H3/b7-2+. The minimum atomic E-state index is 1.13. The van der Waals surface area contributed by atoms with E-state index in [-0.39, 0.29) is 0 Å². The van der Waals surface area contributed by atoms with E-state index in [0.29, 0.717) is 0 Å². The van der Waals surface area contributed by atoms with Gasteiger partial charge in [-0.15, -0.1) is 12.6 Å². The van der Waals surface area contributed by atoms with E-state index in [1.165, 1.54) is 25.9 Å². The molecule has 0 aromatic heterocycles. The van der Waals surface area contributed by atoms with Crippen molar-refractivity contribution in [2.24, 2.45) is 0 Å². The molecule has 1 saturated heterocycles. The van der Waals surface area contributed by atoms with Crippen molar-refractivity contribution in [2.45, 2.75) is 19.8 Å². The van der Waals surface area contributed by atoms with E-state index < -0.39 is 0 Å². The van der Waals surface area contributed by atoms with Gasteiger partial charge in [0.25, 0.3) is 0 Å². The van der Waals surface area contributed by atoms with Crippen molar-refractivity contribution in [1.82, 2.24) is 4.90 Å². The largest absolute Gasteiger partial charge is 0.367 e. The van der Waals surface area contributed by atoms with Crippen molar-refractivity contribution in [3.8, 4) is 0 Å². The minimum Gasteiger partial charge on any atom is -0.367 e. The molecule has 1 aliphatic heterocycles. The average Bonchev–Trinajstić information content (AvgIpc) is 2.37. The topological polar surface area (TPSA) is 3.24 Å². The summed E-state index contributed by atoms with van der Waals surface area (Å²) in [6.07, 6.45) is 4.71. The van der Waals surface area contributed by atoms with Gasteiger partial charge >= 0.3 is 0 Å². The fourth-order valence-corrected chi connectivity index (χ4v) is 1.33. The van der Waals surface area contributed by atoms with Gasteiger partial charge in [0, 0.05) is 13.1 Å². The average molecular weight is 143 g/mol. The van der Waals surface area contributed by atoms with E-state index >= 15 is 0 Å². The monoisotopic (exact) mass is 143 g/mol. The van der Waals surface area contributed by atoms with Crippen LogP contribution in [0.2, 0.25) is 0 Å². The molecule has 1 heterocycles. The summed E-state index contributed by atoms with van der Waals surface area (Å²) >= 11 is 4.31. The van der Waals surface area contributed by atoms with Crippen molar-refractivity contribution in [1.29, 1.82) is 0 Å². The molecule has 0 amide bonds. The maximum atomic E-state index is 4.31. The van der Waals surface area contributed by atoms with Crippen LogP contribution in [0, 0.1) is 0 Å². The Kier molecular flexibility index (Phi) is 2.46. The lowest BCUT2D eigenvalue weighted by Gasteiger charge is -2.15. The highest BCUT2D eigenvalue weighted by Crippen LogP contribution is 2.16. The summed E-state index contributed by atoms with van der Waals surface area (Å²) in [5.74, 6) is 0. The quantitative estimate of drug-likeness (QED) is 0.548. The Bertz CT molecular complexity index is 114. The maximum Gasteiger partial charge on any atom is 0.0632 e. The summed E-state index contributed by atoms with van der Waals surface area (Å²) in [6, 6.07) is 0. The third-order valence-electron chi connectivity index (χ3n) is 1.69. The third-order valence-corrected chi connectivity index (χ3v) is 2.23. The molecular weight excluding hydrogens is 130 g/mol. The van der Waals surface area contributed by atoms with E-state index in [2.05, 4.69) is 23.6 Å². The molecule has 0 aromatic carbocycles. The van der Waals surface area contributed by atoms with Gasteiger partial charge in [0.2, 0.25) is 0 Å². The van der Waals surface area contributed by atoms with E-state index in [9.17, 15) is 0 Å². The Morgan fingerprint density at radius 2 is 2.00 bits per heavy atom. The van der Waals surface area contributed by atoms with Crippen LogP contribution in [-0.2, 0) is 0 Å². The van der Waals surface area contributed by atoms with E-state index in [1.807, 2.05) is 6.92 Å². The number of thiol groups is 1. The normalized spacial score (nSPS) is 21.1. The predicted molar refractivity (Wildman–Crippen MR) is 43.6 cm³/mol. The van der Waals surface area contributed by atoms with Crippen molar-refractivity contribution in [3.63, 3.8) is 0 Å². The molecule has 52 valence electrons. The summed E-state index contributed by atoms with van der Waals surface area (Å²) in [5, 5.41) is 1.13. The van der Waals surface area contributed by atoms with Crippen molar-refractivity contribution < 1.29 is 0 Å². The fraction of sp³-hybridized carbons (Fsp3) is 0.714. The van der Waals surface area contributed by atoms with Gasteiger partial charge in [-0.3, -0.25) is 0 Å². The molecule has 0 bridgehead atoms. The van der Waals surface area contributed by atoms with Gasteiger partial charge in [0.1, 0.15) is 0 Å². The lowest BCUT2D eigenvalue weighted by atomic mass is 10.4. The van der Waals surface area contributed by atoms with Crippen LogP contribution in [0.3, 0.4) is 0 Å². The van der Waals surface area contributed by atoms with Crippen molar-refractivity contribution in [3.05, 3.63) is 11.1 Å².